The summed E-state index contributed by atoms with van der Waals surface area (Å²) in [6.07, 6.45) is 0.0627. The maximum atomic E-state index is 11.5. The summed E-state index contributed by atoms with van der Waals surface area (Å²) in [5, 5.41) is 8.90. The molecule has 5 nitrogen and oxygen atoms in total. The van der Waals surface area contributed by atoms with Crippen LogP contribution in [-0.4, -0.2) is 28.4 Å². The number of hydrogen-bond donors (Lipinski definition) is 1. The zero-order valence-corrected chi connectivity index (χ0v) is 9.34. The normalized spacial score (nSPS) is 10.7. The Hall–Kier alpha value is -1.62. The van der Waals surface area contributed by atoms with Crippen molar-refractivity contribution in [2.75, 3.05) is 6.61 Å². The Morgan fingerprint density at radius 1 is 1.50 bits per heavy atom. The first-order chi connectivity index (χ1) is 7.52. The van der Waals surface area contributed by atoms with Crippen LogP contribution in [0.1, 0.15) is 24.3 Å². The molecule has 0 aliphatic heterocycles. The van der Waals surface area contributed by atoms with Crippen LogP contribution >= 0.6 is 0 Å². The van der Waals surface area contributed by atoms with Gasteiger partial charge in [-0.2, -0.15) is 0 Å². The monoisotopic (exact) mass is 225 g/mol. The van der Waals surface area contributed by atoms with Gasteiger partial charge in [-0.05, 0) is 19.9 Å². The molecule has 16 heavy (non-hydrogen) atoms. The Kier molecular flexibility index (Phi) is 4.25. The highest BCUT2D eigenvalue weighted by Gasteiger charge is 2.09. The van der Waals surface area contributed by atoms with Crippen LogP contribution in [0.15, 0.2) is 23.0 Å². The predicted molar refractivity (Wildman–Crippen MR) is 58.7 cm³/mol. The van der Waals surface area contributed by atoms with E-state index in [1.807, 2.05) is 13.8 Å². The first kappa shape index (κ1) is 12.4. The van der Waals surface area contributed by atoms with E-state index in [1.54, 1.807) is 0 Å². The fourth-order valence-corrected chi connectivity index (χ4v) is 1.32. The third-order valence-corrected chi connectivity index (χ3v) is 2.03. The molecule has 0 amide bonds. The van der Waals surface area contributed by atoms with Crippen LogP contribution in [0.5, 0.6) is 0 Å². The number of nitrogens with zero attached hydrogens (tertiary/aromatic N) is 1. The van der Waals surface area contributed by atoms with Crippen molar-refractivity contribution in [3.05, 3.63) is 34.2 Å². The van der Waals surface area contributed by atoms with E-state index in [0.29, 0.717) is 6.61 Å². The highest BCUT2D eigenvalue weighted by Crippen LogP contribution is 1.97. The minimum absolute atomic E-state index is 0.0140. The molecule has 88 valence electrons. The lowest BCUT2D eigenvalue weighted by atomic mass is 10.3. The van der Waals surface area contributed by atoms with Gasteiger partial charge in [0.05, 0.1) is 12.7 Å². The van der Waals surface area contributed by atoms with Crippen LogP contribution in [0, 0.1) is 0 Å². The molecule has 1 aromatic heterocycles. The molecule has 0 atom stereocenters. The maximum absolute atomic E-state index is 11.5. The van der Waals surface area contributed by atoms with Crippen molar-refractivity contribution >= 4 is 5.97 Å². The van der Waals surface area contributed by atoms with Crippen molar-refractivity contribution in [1.82, 2.24) is 4.57 Å². The number of hydrogen-bond acceptors (Lipinski definition) is 3. The van der Waals surface area contributed by atoms with Crippen molar-refractivity contribution in [2.24, 2.45) is 0 Å². The van der Waals surface area contributed by atoms with E-state index in [9.17, 15) is 9.59 Å². The topological polar surface area (TPSA) is 68.5 Å². The van der Waals surface area contributed by atoms with Gasteiger partial charge in [-0.25, -0.2) is 4.79 Å². The smallest absolute Gasteiger partial charge is 0.352 e. The van der Waals surface area contributed by atoms with Crippen LogP contribution in [0.25, 0.3) is 0 Å². The Morgan fingerprint density at radius 2 is 2.19 bits per heavy atom. The lowest BCUT2D eigenvalue weighted by Gasteiger charge is -2.11. The Bertz CT molecular complexity index is 422. The largest absolute Gasteiger partial charge is 0.477 e. The second-order valence-corrected chi connectivity index (χ2v) is 3.63. The quantitative estimate of drug-likeness (QED) is 0.810. The minimum Gasteiger partial charge on any atom is -0.477 e. The van der Waals surface area contributed by atoms with E-state index < -0.39 is 5.97 Å². The van der Waals surface area contributed by atoms with Crippen LogP contribution in [0.3, 0.4) is 0 Å². The number of aromatic carboxylic acids is 1. The van der Waals surface area contributed by atoms with Gasteiger partial charge in [0.15, 0.2) is 0 Å². The number of carboxylic acid groups (broad SMARTS) is 1. The van der Waals surface area contributed by atoms with Gasteiger partial charge in [-0.1, -0.05) is 6.07 Å². The molecule has 0 aliphatic carbocycles. The third kappa shape index (κ3) is 3.20. The first-order valence-corrected chi connectivity index (χ1v) is 5.07. The lowest BCUT2D eigenvalue weighted by molar-refractivity contribution is 0.0644. The van der Waals surface area contributed by atoms with Gasteiger partial charge in [0.1, 0.15) is 5.69 Å². The molecule has 0 bridgehead atoms. The van der Waals surface area contributed by atoms with Gasteiger partial charge in [0, 0.05) is 12.6 Å². The molecule has 0 saturated carbocycles. The minimum atomic E-state index is -1.11. The molecule has 1 heterocycles. The second-order valence-electron chi connectivity index (χ2n) is 3.63. The fourth-order valence-electron chi connectivity index (χ4n) is 1.32. The number of carbonyl (C=O) groups is 1. The molecule has 0 aromatic carbocycles. The fraction of sp³-hybridized carbons (Fsp3) is 0.455. The molecule has 1 rings (SSSR count). The predicted octanol–water partition coefficient (Wildman–Crippen LogP) is 0.972. The molecule has 0 spiro atoms. The molecule has 0 unspecified atom stereocenters. The van der Waals surface area contributed by atoms with Crippen molar-refractivity contribution in [3.8, 4) is 0 Å². The molecule has 0 radical (unpaired) electrons. The van der Waals surface area contributed by atoms with Gasteiger partial charge in [0.25, 0.3) is 5.56 Å². The molecular formula is C11H15NO4. The summed E-state index contributed by atoms with van der Waals surface area (Å²) in [6, 6.07) is 4.17. The summed E-state index contributed by atoms with van der Waals surface area (Å²) >= 11 is 0. The standard InChI is InChI=1S/C11H15NO4/c1-8(2)16-7-6-12-9(11(14)15)4-3-5-10(12)13/h3-5,8H,6-7H2,1-2H3,(H,14,15). The van der Waals surface area contributed by atoms with Gasteiger partial charge in [-0.3, -0.25) is 4.79 Å². The third-order valence-electron chi connectivity index (χ3n) is 2.03. The Balaban J connectivity index is 2.85. The average molecular weight is 225 g/mol. The van der Waals surface area contributed by atoms with Crippen LogP contribution in [0.2, 0.25) is 0 Å². The van der Waals surface area contributed by atoms with Crippen LogP contribution in [-0.2, 0) is 11.3 Å². The van der Waals surface area contributed by atoms with Crippen LogP contribution in [0.4, 0.5) is 0 Å². The highest BCUT2D eigenvalue weighted by atomic mass is 16.5. The molecule has 0 aliphatic rings. The van der Waals surface area contributed by atoms with Crippen molar-refractivity contribution in [1.29, 1.82) is 0 Å². The summed E-state index contributed by atoms with van der Waals surface area (Å²) in [5.41, 5.74) is -0.341. The number of aromatic nitrogens is 1. The molecule has 5 heteroatoms. The van der Waals surface area contributed by atoms with Crippen LogP contribution < -0.4 is 5.56 Å². The van der Waals surface area contributed by atoms with Crippen molar-refractivity contribution in [2.45, 2.75) is 26.5 Å². The van der Waals surface area contributed by atoms with Gasteiger partial charge in [-0.15, -0.1) is 0 Å². The van der Waals surface area contributed by atoms with E-state index in [2.05, 4.69) is 0 Å². The molecule has 0 saturated heterocycles. The van der Waals surface area contributed by atoms with E-state index >= 15 is 0 Å². The summed E-state index contributed by atoms with van der Waals surface area (Å²) in [7, 11) is 0. The summed E-state index contributed by atoms with van der Waals surface area (Å²) in [4.78, 5) is 22.3. The summed E-state index contributed by atoms with van der Waals surface area (Å²) in [5.74, 6) is -1.11. The molecule has 1 aromatic rings. The molecular weight excluding hydrogens is 210 g/mol. The van der Waals surface area contributed by atoms with Crippen molar-refractivity contribution in [3.63, 3.8) is 0 Å². The summed E-state index contributed by atoms with van der Waals surface area (Å²) in [6.45, 7) is 4.33. The van der Waals surface area contributed by atoms with E-state index in [0.717, 1.165) is 0 Å². The zero-order chi connectivity index (χ0) is 12.1. The Labute approximate surface area is 93.3 Å². The number of pyridine rings is 1. The molecule has 1 N–H and O–H groups in total. The number of ether oxygens (including phenoxy) is 1. The zero-order valence-electron chi connectivity index (χ0n) is 9.34. The van der Waals surface area contributed by atoms with Crippen molar-refractivity contribution < 1.29 is 14.6 Å². The van der Waals surface area contributed by atoms with Gasteiger partial charge < -0.3 is 14.4 Å². The molecule has 0 fully saturated rings. The second kappa shape index (κ2) is 5.46. The van der Waals surface area contributed by atoms with Gasteiger partial charge in [0.2, 0.25) is 0 Å². The van der Waals surface area contributed by atoms with E-state index in [1.165, 1.54) is 22.8 Å². The van der Waals surface area contributed by atoms with E-state index in [4.69, 9.17) is 9.84 Å². The number of rotatable bonds is 5. The van der Waals surface area contributed by atoms with E-state index in [-0.39, 0.29) is 23.9 Å². The maximum Gasteiger partial charge on any atom is 0.352 e. The SMILES string of the molecule is CC(C)OCCn1c(C(=O)O)cccc1=O. The number of carboxylic acids is 1. The average Bonchev–Trinajstić information content (AvgIpc) is 2.19. The first-order valence-electron chi connectivity index (χ1n) is 5.07. The lowest BCUT2D eigenvalue weighted by Crippen LogP contribution is -2.27. The Morgan fingerprint density at radius 3 is 2.75 bits per heavy atom. The summed E-state index contributed by atoms with van der Waals surface area (Å²) < 4.78 is 6.48. The highest BCUT2D eigenvalue weighted by molar-refractivity contribution is 5.85. The van der Waals surface area contributed by atoms with Gasteiger partial charge >= 0.3 is 5.97 Å².